The Morgan fingerprint density at radius 1 is 1.00 bits per heavy atom. The molecule has 3 N–H and O–H groups in total. The van der Waals surface area contributed by atoms with Crippen LogP contribution in [0.2, 0.25) is 0 Å². The summed E-state index contributed by atoms with van der Waals surface area (Å²) in [7, 11) is 3.25. The third-order valence-electron chi connectivity index (χ3n) is 3.59. The van der Waals surface area contributed by atoms with Crippen LogP contribution in [0.5, 0.6) is 0 Å². The first-order valence-corrected chi connectivity index (χ1v) is 8.85. The number of benzene rings is 1. The minimum Gasteiger partial charge on any atom is -0.382 e. The zero-order valence-corrected chi connectivity index (χ0v) is 16.1. The average molecular weight is 404 g/mol. The Labute approximate surface area is 162 Å². The molecule has 1 rings (SSSR count). The van der Waals surface area contributed by atoms with E-state index in [0.717, 1.165) is 30.7 Å². The lowest BCUT2D eigenvalue weighted by Crippen LogP contribution is -2.42. The van der Waals surface area contributed by atoms with Gasteiger partial charge in [0.1, 0.15) is 0 Å². The predicted octanol–water partition coefficient (Wildman–Crippen LogP) is 1.65. The number of nitrogens with one attached hydrogen (secondary N) is 3. The second-order valence-electron chi connectivity index (χ2n) is 5.72. The van der Waals surface area contributed by atoms with Gasteiger partial charge in [0.25, 0.3) is 5.91 Å². The zero-order chi connectivity index (χ0) is 20.8. The van der Waals surface area contributed by atoms with Crippen LogP contribution in [0.3, 0.4) is 0 Å². The number of hydrogen-bond acceptors (Lipinski definition) is 4. The Balaban J connectivity index is 2.21. The fourth-order valence-corrected chi connectivity index (χ4v) is 2.12. The van der Waals surface area contributed by atoms with E-state index in [4.69, 9.17) is 9.47 Å². The molecule has 0 saturated carbocycles. The Morgan fingerprint density at radius 2 is 1.64 bits per heavy atom. The molecule has 10 heteroatoms. The molecule has 7 nitrogen and oxygen atoms in total. The number of amides is 1. The lowest BCUT2D eigenvalue weighted by Gasteiger charge is -2.12. The van der Waals surface area contributed by atoms with Gasteiger partial charge < -0.3 is 25.4 Å². The highest BCUT2D eigenvalue weighted by atomic mass is 19.4. The van der Waals surface area contributed by atoms with Crippen molar-refractivity contribution in [2.45, 2.75) is 12.6 Å². The summed E-state index contributed by atoms with van der Waals surface area (Å²) in [6.07, 6.45) is -3.62. The zero-order valence-electron chi connectivity index (χ0n) is 16.1. The maximum absolute atomic E-state index is 12.5. The summed E-state index contributed by atoms with van der Waals surface area (Å²) in [4.78, 5) is 16.0. The van der Waals surface area contributed by atoms with Gasteiger partial charge >= 0.3 is 6.18 Å². The molecule has 0 radical (unpaired) electrons. The highest BCUT2D eigenvalue weighted by molar-refractivity contribution is 5.94. The molecule has 0 spiro atoms. The van der Waals surface area contributed by atoms with Crippen molar-refractivity contribution in [1.82, 2.24) is 16.0 Å². The van der Waals surface area contributed by atoms with E-state index in [9.17, 15) is 18.0 Å². The second-order valence-corrected chi connectivity index (χ2v) is 5.72. The molecule has 28 heavy (non-hydrogen) atoms. The topological polar surface area (TPSA) is 84.0 Å². The number of nitrogens with zero attached hydrogens (tertiary/aromatic N) is 1. The van der Waals surface area contributed by atoms with Gasteiger partial charge in [-0.15, -0.1) is 0 Å². The van der Waals surface area contributed by atoms with Crippen LogP contribution in [0.4, 0.5) is 13.2 Å². The molecule has 0 fully saturated rings. The number of aliphatic imine (C=N–C) groups is 1. The SMILES string of the molecule is CN=C(NCCCOCCOC)NCCNC(=O)c1ccc(C(F)(F)F)cc1. The maximum atomic E-state index is 12.5. The average Bonchev–Trinajstić information content (AvgIpc) is 2.68. The third kappa shape index (κ3) is 9.56. The summed E-state index contributed by atoms with van der Waals surface area (Å²) in [6.45, 7) is 3.11. The van der Waals surface area contributed by atoms with Crippen LogP contribution in [0.1, 0.15) is 22.3 Å². The molecular weight excluding hydrogens is 377 g/mol. The van der Waals surface area contributed by atoms with E-state index in [1.54, 1.807) is 14.2 Å². The Bertz CT molecular complexity index is 607. The first-order chi connectivity index (χ1) is 13.4. The molecule has 0 bridgehead atoms. The molecule has 0 heterocycles. The van der Waals surface area contributed by atoms with Gasteiger partial charge in [-0.1, -0.05) is 0 Å². The van der Waals surface area contributed by atoms with Crippen molar-refractivity contribution in [3.05, 3.63) is 35.4 Å². The molecule has 0 unspecified atom stereocenters. The number of ether oxygens (including phenoxy) is 2. The number of alkyl halides is 3. The van der Waals surface area contributed by atoms with E-state index >= 15 is 0 Å². The Hall–Kier alpha value is -2.33. The van der Waals surface area contributed by atoms with Crippen LogP contribution in [0.15, 0.2) is 29.3 Å². The molecule has 0 aromatic heterocycles. The number of rotatable bonds is 11. The lowest BCUT2D eigenvalue weighted by molar-refractivity contribution is -0.137. The number of guanidine groups is 1. The third-order valence-corrected chi connectivity index (χ3v) is 3.59. The highest BCUT2D eigenvalue weighted by Gasteiger charge is 2.30. The molecule has 0 aliphatic rings. The summed E-state index contributed by atoms with van der Waals surface area (Å²) < 4.78 is 47.8. The van der Waals surface area contributed by atoms with E-state index in [0.29, 0.717) is 45.4 Å². The van der Waals surface area contributed by atoms with Crippen LogP contribution in [0, 0.1) is 0 Å². The number of carbonyl (C=O) groups excluding carboxylic acids is 1. The normalized spacial score (nSPS) is 12.0. The van der Waals surface area contributed by atoms with Crippen LogP contribution in [-0.2, 0) is 15.7 Å². The predicted molar refractivity (Wildman–Crippen MR) is 100 cm³/mol. The van der Waals surface area contributed by atoms with E-state index < -0.39 is 17.6 Å². The summed E-state index contributed by atoms with van der Waals surface area (Å²) >= 11 is 0. The van der Waals surface area contributed by atoms with E-state index in [-0.39, 0.29) is 5.56 Å². The van der Waals surface area contributed by atoms with Crippen molar-refractivity contribution >= 4 is 11.9 Å². The highest BCUT2D eigenvalue weighted by Crippen LogP contribution is 2.28. The Kier molecular flexibility index (Phi) is 11.0. The monoisotopic (exact) mass is 404 g/mol. The molecule has 0 atom stereocenters. The first-order valence-electron chi connectivity index (χ1n) is 8.85. The quantitative estimate of drug-likeness (QED) is 0.297. The molecule has 1 aromatic carbocycles. The van der Waals surface area contributed by atoms with Crippen LogP contribution in [-0.4, -0.2) is 65.5 Å². The standard InChI is InChI=1S/C18H27F3N4O3/c1-22-17(24-8-3-11-28-13-12-27-2)25-10-9-23-16(26)14-4-6-15(7-5-14)18(19,20)21/h4-7H,3,8-13H2,1-2H3,(H,23,26)(H2,22,24,25). The smallest absolute Gasteiger partial charge is 0.382 e. The van der Waals surface area contributed by atoms with Crippen molar-refractivity contribution in [3.8, 4) is 0 Å². The largest absolute Gasteiger partial charge is 0.416 e. The van der Waals surface area contributed by atoms with Gasteiger partial charge in [0.05, 0.1) is 18.8 Å². The molecule has 1 aromatic rings. The van der Waals surface area contributed by atoms with Gasteiger partial charge in [0, 0.05) is 46.0 Å². The molecular formula is C18H27F3N4O3. The summed E-state index contributed by atoms with van der Waals surface area (Å²) in [5.74, 6) is 0.146. The van der Waals surface area contributed by atoms with Crippen LogP contribution in [0.25, 0.3) is 0 Å². The number of hydrogen-bond donors (Lipinski definition) is 3. The first kappa shape index (κ1) is 23.7. The van der Waals surface area contributed by atoms with Gasteiger partial charge in [-0.05, 0) is 30.7 Å². The fraction of sp³-hybridized carbons (Fsp3) is 0.556. The van der Waals surface area contributed by atoms with Crippen molar-refractivity contribution < 1.29 is 27.4 Å². The van der Waals surface area contributed by atoms with Gasteiger partial charge in [-0.25, -0.2) is 0 Å². The molecule has 0 aliphatic heterocycles. The molecule has 0 aliphatic carbocycles. The van der Waals surface area contributed by atoms with Gasteiger partial charge in [0.15, 0.2) is 5.96 Å². The van der Waals surface area contributed by atoms with Crippen molar-refractivity contribution in [3.63, 3.8) is 0 Å². The van der Waals surface area contributed by atoms with Crippen LogP contribution < -0.4 is 16.0 Å². The Morgan fingerprint density at radius 3 is 2.25 bits per heavy atom. The summed E-state index contributed by atoms with van der Waals surface area (Å²) in [5.41, 5.74) is -0.617. The minimum atomic E-state index is -4.42. The second kappa shape index (κ2) is 12.9. The summed E-state index contributed by atoms with van der Waals surface area (Å²) in [5, 5.41) is 8.78. The lowest BCUT2D eigenvalue weighted by atomic mass is 10.1. The van der Waals surface area contributed by atoms with Gasteiger partial charge in [0.2, 0.25) is 0 Å². The number of methoxy groups -OCH3 is 1. The van der Waals surface area contributed by atoms with Crippen molar-refractivity contribution in [2.75, 3.05) is 53.6 Å². The van der Waals surface area contributed by atoms with Crippen molar-refractivity contribution in [1.29, 1.82) is 0 Å². The molecule has 158 valence electrons. The maximum Gasteiger partial charge on any atom is 0.416 e. The summed E-state index contributed by atoms with van der Waals surface area (Å²) in [6, 6.07) is 4.08. The van der Waals surface area contributed by atoms with E-state index in [2.05, 4.69) is 20.9 Å². The van der Waals surface area contributed by atoms with Crippen LogP contribution >= 0.6 is 0 Å². The van der Waals surface area contributed by atoms with E-state index in [1.165, 1.54) is 0 Å². The number of halogens is 3. The van der Waals surface area contributed by atoms with Gasteiger partial charge in [-0.2, -0.15) is 13.2 Å². The van der Waals surface area contributed by atoms with E-state index in [1.807, 2.05) is 0 Å². The molecule has 1 amide bonds. The minimum absolute atomic E-state index is 0.170. The fourth-order valence-electron chi connectivity index (χ4n) is 2.12. The number of carbonyl (C=O) groups is 1. The van der Waals surface area contributed by atoms with Crippen molar-refractivity contribution in [2.24, 2.45) is 4.99 Å². The molecule has 0 saturated heterocycles. The van der Waals surface area contributed by atoms with Gasteiger partial charge in [-0.3, -0.25) is 9.79 Å².